The van der Waals surface area contributed by atoms with Crippen LogP contribution in [0, 0.1) is 0 Å². The number of aromatic nitrogens is 2. The van der Waals surface area contributed by atoms with Crippen LogP contribution in [0.3, 0.4) is 0 Å². The number of nitrogen functional groups attached to an aromatic ring is 1. The van der Waals surface area contributed by atoms with Crippen LogP contribution in [0.2, 0.25) is 5.02 Å². The summed E-state index contributed by atoms with van der Waals surface area (Å²) >= 11 is 5.96. The number of ether oxygens (including phenoxy) is 4. The van der Waals surface area contributed by atoms with Gasteiger partial charge in [-0.3, -0.25) is 0 Å². The lowest BCUT2D eigenvalue weighted by Gasteiger charge is -2.14. The highest BCUT2D eigenvalue weighted by molar-refractivity contribution is 6.31. The van der Waals surface area contributed by atoms with Crippen LogP contribution in [-0.4, -0.2) is 31.3 Å². The van der Waals surface area contributed by atoms with Crippen molar-refractivity contribution in [3.63, 3.8) is 0 Å². The van der Waals surface area contributed by atoms with E-state index >= 15 is 0 Å². The minimum atomic E-state index is 0.0573. The molecule has 1 aromatic heterocycles. The summed E-state index contributed by atoms with van der Waals surface area (Å²) in [5.74, 6) is 1.96. The zero-order valence-electron chi connectivity index (χ0n) is 11.7. The van der Waals surface area contributed by atoms with Crippen molar-refractivity contribution in [3.05, 3.63) is 23.4 Å². The normalized spacial score (nSPS) is 10.1. The Morgan fingerprint density at radius 1 is 1.05 bits per heavy atom. The monoisotopic (exact) mass is 311 g/mol. The Morgan fingerprint density at radius 3 is 2.19 bits per heavy atom. The van der Waals surface area contributed by atoms with E-state index in [0.717, 1.165) is 0 Å². The Labute approximate surface area is 126 Å². The molecule has 0 spiro atoms. The number of hydrogen-bond acceptors (Lipinski definition) is 7. The van der Waals surface area contributed by atoms with Crippen molar-refractivity contribution in [2.75, 3.05) is 27.1 Å². The molecule has 1 heterocycles. The zero-order chi connectivity index (χ0) is 15.4. The van der Waals surface area contributed by atoms with E-state index in [0.29, 0.717) is 23.0 Å². The molecule has 0 atom stereocenters. The second-order valence-electron chi connectivity index (χ2n) is 3.84. The first-order chi connectivity index (χ1) is 10.1. The van der Waals surface area contributed by atoms with Gasteiger partial charge in [0.05, 0.1) is 27.5 Å². The van der Waals surface area contributed by atoms with Gasteiger partial charge in [-0.25, -0.2) is 4.98 Å². The van der Waals surface area contributed by atoms with Gasteiger partial charge in [-0.15, -0.1) is 0 Å². The van der Waals surface area contributed by atoms with Crippen LogP contribution in [0.25, 0.3) is 0 Å². The van der Waals surface area contributed by atoms with E-state index in [2.05, 4.69) is 9.97 Å². The van der Waals surface area contributed by atoms with Gasteiger partial charge in [-0.2, -0.15) is 4.98 Å². The van der Waals surface area contributed by atoms with E-state index < -0.39 is 0 Å². The minimum Gasteiger partial charge on any atom is -0.493 e. The molecule has 2 rings (SSSR count). The number of halogens is 1. The fourth-order valence-corrected chi connectivity index (χ4v) is 1.79. The standard InChI is InChI=1S/C13H14ClN3O4/c1-18-9-4-7(5-10(19-2)11(9)20-3)21-12-8(14)6-16-13(15)17-12/h4-6H,1-3H3,(H2,15,16,17). The lowest BCUT2D eigenvalue weighted by molar-refractivity contribution is 0.320. The first kappa shape index (κ1) is 15.0. The van der Waals surface area contributed by atoms with Crippen LogP contribution in [-0.2, 0) is 0 Å². The maximum Gasteiger partial charge on any atom is 0.243 e. The molecule has 0 bridgehead atoms. The van der Waals surface area contributed by atoms with E-state index in [-0.39, 0.29) is 16.9 Å². The van der Waals surface area contributed by atoms with E-state index in [1.807, 2.05) is 0 Å². The molecule has 0 amide bonds. The number of anilines is 1. The van der Waals surface area contributed by atoms with Gasteiger partial charge in [0.15, 0.2) is 11.5 Å². The van der Waals surface area contributed by atoms with Crippen LogP contribution in [0.15, 0.2) is 18.3 Å². The molecule has 0 aliphatic heterocycles. The van der Waals surface area contributed by atoms with Crippen molar-refractivity contribution < 1.29 is 18.9 Å². The highest BCUT2D eigenvalue weighted by atomic mass is 35.5. The summed E-state index contributed by atoms with van der Waals surface area (Å²) in [6.45, 7) is 0. The van der Waals surface area contributed by atoms with Gasteiger partial charge >= 0.3 is 0 Å². The Bertz CT molecular complexity index is 626. The van der Waals surface area contributed by atoms with Gasteiger partial charge in [0.2, 0.25) is 17.6 Å². The topological polar surface area (TPSA) is 88.7 Å². The third kappa shape index (κ3) is 3.19. The van der Waals surface area contributed by atoms with Crippen molar-refractivity contribution >= 4 is 17.5 Å². The van der Waals surface area contributed by atoms with E-state index in [9.17, 15) is 0 Å². The van der Waals surface area contributed by atoms with Gasteiger partial charge in [0.1, 0.15) is 10.8 Å². The fourth-order valence-electron chi connectivity index (χ4n) is 1.66. The fraction of sp³-hybridized carbons (Fsp3) is 0.231. The number of benzene rings is 1. The molecule has 0 saturated heterocycles. The highest BCUT2D eigenvalue weighted by Crippen LogP contribution is 2.42. The van der Waals surface area contributed by atoms with Crippen LogP contribution < -0.4 is 24.7 Å². The first-order valence-electron chi connectivity index (χ1n) is 5.85. The SMILES string of the molecule is COc1cc(Oc2nc(N)ncc2Cl)cc(OC)c1OC. The largest absolute Gasteiger partial charge is 0.493 e. The second kappa shape index (κ2) is 6.36. The molecule has 2 N–H and O–H groups in total. The molecule has 112 valence electrons. The predicted octanol–water partition coefficient (Wildman–Crippen LogP) is 2.53. The van der Waals surface area contributed by atoms with Crippen molar-refractivity contribution in [2.24, 2.45) is 0 Å². The van der Waals surface area contributed by atoms with Crippen LogP contribution in [0.4, 0.5) is 5.95 Å². The molecule has 1 aromatic carbocycles. The summed E-state index contributed by atoms with van der Waals surface area (Å²) < 4.78 is 21.3. The molecular formula is C13H14ClN3O4. The summed E-state index contributed by atoms with van der Waals surface area (Å²) in [5, 5.41) is 0.234. The van der Waals surface area contributed by atoms with Gasteiger partial charge in [0.25, 0.3) is 0 Å². The van der Waals surface area contributed by atoms with Crippen molar-refractivity contribution in [1.29, 1.82) is 0 Å². The number of nitrogens with two attached hydrogens (primary N) is 1. The number of nitrogens with zero attached hydrogens (tertiary/aromatic N) is 2. The average Bonchev–Trinajstić information content (AvgIpc) is 2.49. The molecule has 0 aliphatic rings. The van der Waals surface area contributed by atoms with Gasteiger partial charge in [-0.1, -0.05) is 11.6 Å². The van der Waals surface area contributed by atoms with E-state index in [1.54, 1.807) is 12.1 Å². The lowest BCUT2D eigenvalue weighted by atomic mass is 10.2. The first-order valence-corrected chi connectivity index (χ1v) is 6.22. The quantitative estimate of drug-likeness (QED) is 0.907. The maximum absolute atomic E-state index is 5.96. The molecule has 2 aromatic rings. The Hall–Kier alpha value is -2.41. The molecule has 0 fully saturated rings. The second-order valence-corrected chi connectivity index (χ2v) is 4.25. The smallest absolute Gasteiger partial charge is 0.243 e. The Kier molecular flexibility index (Phi) is 4.54. The summed E-state index contributed by atoms with van der Waals surface area (Å²) in [6.07, 6.45) is 1.36. The van der Waals surface area contributed by atoms with E-state index in [4.69, 9.17) is 36.3 Å². The molecule has 7 nitrogen and oxygen atoms in total. The lowest BCUT2D eigenvalue weighted by Crippen LogP contribution is -1.99. The average molecular weight is 312 g/mol. The van der Waals surface area contributed by atoms with Crippen LogP contribution >= 0.6 is 11.6 Å². The minimum absolute atomic E-state index is 0.0573. The van der Waals surface area contributed by atoms with Crippen LogP contribution in [0.1, 0.15) is 0 Å². The molecule has 0 unspecified atom stereocenters. The summed E-state index contributed by atoms with van der Waals surface area (Å²) in [7, 11) is 4.54. The highest BCUT2D eigenvalue weighted by Gasteiger charge is 2.15. The number of hydrogen-bond donors (Lipinski definition) is 1. The summed E-state index contributed by atoms with van der Waals surface area (Å²) in [5.41, 5.74) is 5.51. The van der Waals surface area contributed by atoms with Crippen molar-refractivity contribution in [3.8, 4) is 28.9 Å². The molecule has 8 heteroatoms. The van der Waals surface area contributed by atoms with Crippen molar-refractivity contribution in [2.45, 2.75) is 0 Å². The summed E-state index contributed by atoms with van der Waals surface area (Å²) in [6, 6.07) is 3.24. The number of methoxy groups -OCH3 is 3. The molecule has 0 radical (unpaired) electrons. The third-order valence-corrected chi connectivity index (χ3v) is 2.84. The molecule has 21 heavy (non-hydrogen) atoms. The van der Waals surface area contributed by atoms with E-state index in [1.165, 1.54) is 27.5 Å². The molecule has 0 aliphatic carbocycles. The Balaban J connectivity index is 2.42. The van der Waals surface area contributed by atoms with Crippen LogP contribution in [0.5, 0.6) is 28.9 Å². The molecule has 0 saturated carbocycles. The summed E-state index contributed by atoms with van der Waals surface area (Å²) in [4.78, 5) is 7.68. The predicted molar refractivity (Wildman–Crippen MR) is 77.6 cm³/mol. The van der Waals surface area contributed by atoms with Gasteiger partial charge in [0, 0.05) is 12.1 Å². The van der Waals surface area contributed by atoms with Gasteiger partial charge in [-0.05, 0) is 0 Å². The maximum atomic E-state index is 5.96. The van der Waals surface area contributed by atoms with Gasteiger partial charge < -0.3 is 24.7 Å². The molecular weight excluding hydrogens is 298 g/mol. The Morgan fingerprint density at radius 2 is 1.67 bits per heavy atom. The van der Waals surface area contributed by atoms with Crippen molar-refractivity contribution in [1.82, 2.24) is 9.97 Å². The third-order valence-electron chi connectivity index (χ3n) is 2.58. The number of rotatable bonds is 5. The zero-order valence-corrected chi connectivity index (χ0v) is 12.5.